The molecule has 1 saturated heterocycles. The van der Waals surface area contributed by atoms with E-state index in [9.17, 15) is 8.78 Å². The fourth-order valence-electron chi connectivity index (χ4n) is 3.16. The zero-order valence-corrected chi connectivity index (χ0v) is 17.5. The monoisotopic (exact) mass is 422 g/mol. The van der Waals surface area contributed by atoms with E-state index in [4.69, 9.17) is 4.74 Å². The van der Waals surface area contributed by atoms with Crippen molar-refractivity contribution in [1.82, 2.24) is 25.4 Å². The highest BCUT2D eigenvalue weighted by Crippen LogP contribution is 2.23. The Balaban J connectivity index is 1.72. The number of aryl methyl sites for hydroxylation is 2. The zero-order valence-electron chi connectivity index (χ0n) is 17.5. The van der Waals surface area contributed by atoms with Crippen molar-refractivity contribution in [2.45, 2.75) is 52.5 Å². The number of nitrogens with one attached hydrogen (secondary N) is 2. The molecule has 1 aliphatic rings. The van der Waals surface area contributed by atoms with Crippen molar-refractivity contribution >= 4 is 5.96 Å². The minimum absolute atomic E-state index is 0.127. The maximum absolute atomic E-state index is 12.7. The van der Waals surface area contributed by atoms with Crippen molar-refractivity contribution in [2.24, 2.45) is 12.0 Å². The van der Waals surface area contributed by atoms with Gasteiger partial charge < -0.3 is 24.7 Å². The van der Waals surface area contributed by atoms with Gasteiger partial charge in [0.05, 0.1) is 19.2 Å². The van der Waals surface area contributed by atoms with Crippen LogP contribution in [0.4, 0.5) is 8.78 Å². The van der Waals surface area contributed by atoms with Crippen molar-refractivity contribution in [3.63, 3.8) is 0 Å². The van der Waals surface area contributed by atoms with Gasteiger partial charge in [0.1, 0.15) is 11.6 Å². The van der Waals surface area contributed by atoms with Crippen LogP contribution >= 0.6 is 0 Å². The van der Waals surface area contributed by atoms with E-state index in [-0.39, 0.29) is 18.4 Å². The highest BCUT2D eigenvalue weighted by atomic mass is 19.3. The molecular formula is C20H28F2N6O2. The van der Waals surface area contributed by atoms with Gasteiger partial charge in [-0.3, -0.25) is 0 Å². The average Bonchev–Trinajstić information content (AvgIpc) is 3.34. The second kappa shape index (κ2) is 10.3. The largest absolute Gasteiger partial charge is 0.434 e. The van der Waals surface area contributed by atoms with Gasteiger partial charge in [-0.05, 0) is 32.8 Å². The Morgan fingerprint density at radius 3 is 2.83 bits per heavy atom. The molecule has 10 heteroatoms. The molecule has 2 aromatic rings. The van der Waals surface area contributed by atoms with E-state index in [2.05, 4.69) is 30.6 Å². The number of nitrogens with zero attached hydrogens (tertiary/aromatic N) is 4. The zero-order chi connectivity index (χ0) is 21.5. The second-order valence-electron chi connectivity index (χ2n) is 7.25. The van der Waals surface area contributed by atoms with Crippen LogP contribution in [-0.2, 0) is 24.9 Å². The molecule has 0 aliphatic carbocycles. The highest BCUT2D eigenvalue weighted by Gasteiger charge is 2.16. The molecule has 0 saturated carbocycles. The Hall–Kier alpha value is -2.75. The number of rotatable bonds is 8. The summed E-state index contributed by atoms with van der Waals surface area (Å²) in [4.78, 5) is 4.57. The van der Waals surface area contributed by atoms with Gasteiger partial charge in [0.25, 0.3) is 0 Å². The fourth-order valence-corrected chi connectivity index (χ4v) is 3.16. The minimum Gasteiger partial charge on any atom is -0.434 e. The van der Waals surface area contributed by atoms with Crippen LogP contribution in [0.3, 0.4) is 0 Å². The van der Waals surface area contributed by atoms with E-state index < -0.39 is 6.61 Å². The smallest absolute Gasteiger partial charge is 0.387 e. The normalized spacial score (nSPS) is 16.9. The van der Waals surface area contributed by atoms with E-state index in [1.54, 1.807) is 18.2 Å². The van der Waals surface area contributed by atoms with Gasteiger partial charge >= 0.3 is 6.61 Å². The SMILES string of the molecule is Cc1ccc(OC(F)F)c(CN=C(NCc2nnc(C)n2C)NCC2CCCO2)c1. The molecule has 1 fully saturated rings. The Morgan fingerprint density at radius 1 is 1.33 bits per heavy atom. The molecule has 0 bridgehead atoms. The number of aromatic nitrogens is 3. The van der Waals surface area contributed by atoms with Gasteiger partial charge in [-0.1, -0.05) is 17.7 Å². The summed E-state index contributed by atoms with van der Waals surface area (Å²) in [5.74, 6) is 2.24. The fraction of sp³-hybridized carbons (Fsp3) is 0.550. The Morgan fingerprint density at radius 2 is 2.17 bits per heavy atom. The van der Waals surface area contributed by atoms with Gasteiger partial charge in [0.15, 0.2) is 11.8 Å². The molecule has 0 radical (unpaired) electrons. The lowest BCUT2D eigenvalue weighted by Crippen LogP contribution is -2.41. The van der Waals surface area contributed by atoms with Crippen LogP contribution in [0.2, 0.25) is 0 Å². The quantitative estimate of drug-likeness (QED) is 0.502. The molecule has 1 aromatic heterocycles. The van der Waals surface area contributed by atoms with E-state index in [0.29, 0.717) is 24.6 Å². The standard InChI is InChI=1S/C20H28F2N6O2/c1-13-6-7-17(30-19(21)22)15(9-13)10-23-20(24-11-16-5-4-8-29-16)25-12-18-27-26-14(2)28(18)3/h6-7,9,16,19H,4-5,8,10-12H2,1-3H3,(H2,23,24,25). The summed E-state index contributed by atoms with van der Waals surface area (Å²) in [5.41, 5.74) is 1.53. The van der Waals surface area contributed by atoms with Crippen molar-refractivity contribution < 1.29 is 18.3 Å². The van der Waals surface area contributed by atoms with Crippen LogP contribution in [0.15, 0.2) is 23.2 Å². The maximum Gasteiger partial charge on any atom is 0.387 e. The third kappa shape index (κ3) is 6.12. The third-order valence-corrected chi connectivity index (χ3v) is 4.96. The van der Waals surface area contributed by atoms with E-state index in [1.165, 1.54) is 0 Å². The Kier molecular flexibility index (Phi) is 7.56. The summed E-state index contributed by atoms with van der Waals surface area (Å²) in [6, 6.07) is 5.07. The number of halogens is 2. The molecule has 1 atom stereocenters. The van der Waals surface area contributed by atoms with Crippen LogP contribution in [0.25, 0.3) is 0 Å². The first-order valence-corrected chi connectivity index (χ1v) is 9.95. The number of guanidine groups is 1. The highest BCUT2D eigenvalue weighted by molar-refractivity contribution is 5.79. The lowest BCUT2D eigenvalue weighted by Gasteiger charge is -2.16. The first-order chi connectivity index (χ1) is 14.4. The summed E-state index contributed by atoms with van der Waals surface area (Å²) in [6.07, 6.45) is 2.17. The van der Waals surface area contributed by atoms with E-state index in [0.717, 1.165) is 36.7 Å². The van der Waals surface area contributed by atoms with Crippen molar-refractivity contribution in [3.8, 4) is 5.75 Å². The second-order valence-corrected chi connectivity index (χ2v) is 7.25. The molecule has 3 rings (SSSR count). The molecule has 8 nitrogen and oxygen atoms in total. The summed E-state index contributed by atoms with van der Waals surface area (Å²) in [6.45, 7) is 2.86. The van der Waals surface area contributed by atoms with Gasteiger partial charge in [-0.15, -0.1) is 10.2 Å². The summed E-state index contributed by atoms with van der Waals surface area (Å²) >= 11 is 0. The average molecular weight is 422 g/mol. The topological polar surface area (TPSA) is 85.6 Å². The summed E-state index contributed by atoms with van der Waals surface area (Å²) < 4.78 is 37.6. The van der Waals surface area contributed by atoms with Gasteiger partial charge in [0, 0.05) is 25.8 Å². The molecule has 2 heterocycles. The lowest BCUT2D eigenvalue weighted by molar-refractivity contribution is -0.0504. The van der Waals surface area contributed by atoms with Crippen LogP contribution in [0.1, 0.15) is 35.6 Å². The molecule has 1 aromatic carbocycles. The van der Waals surface area contributed by atoms with Crippen LogP contribution in [-0.4, -0.2) is 46.6 Å². The van der Waals surface area contributed by atoms with E-state index >= 15 is 0 Å². The van der Waals surface area contributed by atoms with Crippen LogP contribution in [0.5, 0.6) is 5.75 Å². The number of hydrogen-bond acceptors (Lipinski definition) is 5. The van der Waals surface area contributed by atoms with E-state index in [1.807, 2.05) is 25.5 Å². The number of alkyl halides is 2. The van der Waals surface area contributed by atoms with Crippen molar-refractivity contribution in [3.05, 3.63) is 41.0 Å². The van der Waals surface area contributed by atoms with Crippen LogP contribution < -0.4 is 15.4 Å². The van der Waals surface area contributed by atoms with Gasteiger partial charge in [-0.25, -0.2) is 4.99 Å². The molecule has 30 heavy (non-hydrogen) atoms. The molecule has 1 aliphatic heterocycles. The summed E-state index contributed by atoms with van der Waals surface area (Å²) in [7, 11) is 1.89. The number of hydrogen-bond donors (Lipinski definition) is 2. The van der Waals surface area contributed by atoms with Crippen molar-refractivity contribution in [1.29, 1.82) is 0 Å². The first kappa shape index (κ1) is 21.9. The third-order valence-electron chi connectivity index (χ3n) is 4.96. The predicted molar refractivity (Wildman–Crippen MR) is 109 cm³/mol. The first-order valence-electron chi connectivity index (χ1n) is 9.95. The maximum atomic E-state index is 12.7. The number of ether oxygens (including phenoxy) is 2. The Bertz CT molecular complexity index is 865. The minimum atomic E-state index is -2.88. The van der Waals surface area contributed by atoms with Gasteiger partial charge in [0.2, 0.25) is 0 Å². The predicted octanol–water partition coefficient (Wildman–Crippen LogP) is 2.45. The number of aliphatic imine (C=N–C) groups is 1. The molecule has 0 amide bonds. The summed E-state index contributed by atoms with van der Waals surface area (Å²) in [5, 5.41) is 14.7. The molecular weight excluding hydrogens is 394 g/mol. The van der Waals surface area contributed by atoms with Crippen LogP contribution in [0, 0.1) is 13.8 Å². The number of benzene rings is 1. The van der Waals surface area contributed by atoms with Crippen molar-refractivity contribution in [2.75, 3.05) is 13.2 Å². The molecule has 2 N–H and O–H groups in total. The molecule has 1 unspecified atom stereocenters. The van der Waals surface area contributed by atoms with Gasteiger partial charge in [-0.2, -0.15) is 8.78 Å². The molecule has 164 valence electrons. The molecule has 0 spiro atoms. The lowest BCUT2D eigenvalue weighted by atomic mass is 10.1. The Labute approximate surface area is 174 Å².